The van der Waals surface area contributed by atoms with E-state index in [1.807, 2.05) is 0 Å². The highest BCUT2D eigenvalue weighted by molar-refractivity contribution is 5.76. The number of carboxylic acid groups (broad SMARTS) is 1. The SMILES string of the molecule is CC(C)C(C)CNC(=O)N(C)C1(CC(=O)O)CCCCC1. The molecule has 0 aromatic heterocycles. The number of carbonyl (C=O) groups excluding carboxylic acids is 1. The zero-order chi connectivity index (χ0) is 16.0. The van der Waals surface area contributed by atoms with E-state index in [-0.39, 0.29) is 12.5 Å². The number of urea groups is 1. The summed E-state index contributed by atoms with van der Waals surface area (Å²) in [6.45, 7) is 7.00. The van der Waals surface area contributed by atoms with E-state index in [0.29, 0.717) is 18.4 Å². The van der Waals surface area contributed by atoms with Crippen LogP contribution in [0.15, 0.2) is 0 Å². The fourth-order valence-corrected chi connectivity index (χ4v) is 2.94. The Morgan fingerprint density at radius 3 is 2.24 bits per heavy atom. The van der Waals surface area contributed by atoms with Gasteiger partial charge in [0, 0.05) is 13.6 Å². The van der Waals surface area contributed by atoms with Crippen LogP contribution < -0.4 is 5.32 Å². The molecular weight excluding hydrogens is 268 g/mol. The van der Waals surface area contributed by atoms with E-state index in [1.165, 1.54) is 0 Å². The van der Waals surface area contributed by atoms with Crippen LogP contribution in [0, 0.1) is 11.8 Å². The Balaban J connectivity index is 2.68. The molecule has 1 aliphatic carbocycles. The van der Waals surface area contributed by atoms with Gasteiger partial charge in [0.05, 0.1) is 12.0 Å². The second-order valence-electron chi connectivity index (χ2n) is 6.82. The maximum atomic E-state index is 12.4. The minimum absolute atomic E-state index is 0.0383. The number of carbonyl (C=O) groups is 2. The minimum atomic E-state index is -0.827. The van der Waals surface area contributed by atoms with Crippen LogP contribution in [0.25, 0.3) is 0 Å². The van der Waals surface area contributed by atoms with Crippen molar-refractivity contribution in [2.45, 2.75) is 64.8 Å². The Labute approximate surface area is 128 Å². The smallest absolute Gasteiger partial charge is 0.317 e. The molecule has 1 unspecified atom stereocenters. The normalized spacial score (nSPS) is 19.1. The van der Waals surface area contributed by atoms with Crippen molar-refractivity contribution in [3.05, 3.63) is 0 Å². The minimum Gasteiger partial charge on any atom is -0.481 e. The number of aliphatic carboxylic acids is 1. The van der Waals surface area contributed by atoms with E-state index in [0.717, 1.165) is 32.1 Å². The molecule has 21 heavy (non-hydrogen) atoms. The van der Waals surface area contributed by atoms with Crippen molar-refractivity contribution in [1.29, 1.82) is 0 Å². The summed E-state index contributed by atoms with van der Waals surface area (Å²) in [4.78, 5) is 25.2. The standard InChI is InChI=1S/C16H30N2O3/c1-12(2)13(3)11-17-15(21)18(4)16(10-14(19)20)8-6-5-7-9-16/h12-13H,5-11H2,1-4H3,(H,17,21)(H,19,20). The molecule has 1 saturated carbocycles. The monoisotopic (exact) mass is 298 g/mol. The largest absolute Gasteiger partial charge is 0.481 e. The summed E-state index contributed by atoms with van der Waals surface area (Å²) in [5.41, 5.74) is -0.519. The molecule has 1 rings (SSSR count). The van der Waals surface area contributed by atoms with Gasteiger partial charge in [0.15, 0.2) is 0 Å². The molecule has 0 aromatic rings. The first-order chi connectivity index (χ1) is 9.78. The summed E-state index contributed by atoms with van der Waals surface area (Å²) < 4.78 is 0. The van der Waals surface area contributed by atoms with Gasteiger partial charge in [-0.05, 0) is 24.7 Å². The first-order valence-electron chi connectivity index (χ1n) is 8.02. The van der Waals surface area contributed by atoms with E-state index in [4.69, 9.17) is 0 Å². The molecule has 0 radical (unpaired) electrons. The molecule has 1 atom stereocenters. The van der Waals surface area contributed by atoms with Crippen LogP contribution in [-0.4, -0.2) is 41.1 Å². The summed E-state index contributed by atoms with van der Waals surface area (Å²) in [5, 5.41) is 12.1. The van der Waals surface area contributed by atoms with Gasteiger partial charge >= 0.3 is 12.0 Å². The number of nitrogens with zero attached hydrogens (tertiary/aromatic N) is 1. The van der Waals surface area contributed by atoms with Gasteiger partial charge in [0.1, 0.15) is 0 Å². The fraction of sp³-hybridized carbons (Fsp3) is 0.875. The fourth-order valence-electron chi connectivity index (χ4n) is 2.94. The average Bonchev–Trinajstić information content (AvgIpc) is 2.43. The molecule has 1 fully saturated rings. The molecule has 0 aromatic carbocycles. The number of carboxylic acids is 1. The van der Waals surface area contributed by atoms with E-state index >= 15 is 0 Å². The van der Waals surface area contributed by atoms with Crippen LogP contribution in [0.1, 0.15) is 59.3 Å². The highest BCUT2D eigenvalue weighted by Crippen LogP contribution is 2.35. The molecule has 1 aliphatic rings. The highest BCUT2D eigenvalue weighted by atomic mass is 16.4. The van der Waals surface area contributed by atoms with Crippen LogP contribution >= 0.6 is 0 Å². The maximum absolute atomic E-state index is 12.4. The number of nitrogens with one attached hydrogen (secondary N) is 1. The third kappa shape index (κ3) is 4.90. The summed E-state index contributed by atoms with van der Waals surface area (Å²) >= 11 is 0. The van der Waals surface area contributed by atoms with Crippen molar-refractivity contribution >= 4 is 12.0 Å². The van der Waals surface area contributed by atoms with E-state index < -0.39 is 11.5 Å². The third-order valence-electron chi connectivity index (χ3n) is 4.99. The molecule has 5 heteroatoms. The summed E-state index contributed by atoms with van der Waals surface area (Å²) in [6.07, 6.45) is 4.71. The number of rotatable bonds is 6. The molecule has 0 spiro atoms. The average molecular weight is 298 g/mol. The Morgan fingerprint density at radius 2 is 1.76 bits per heavy atom. The Morgan fingerprint density at radius 1 is 1.19 bits per heavy atom. The van der Waals surface area contributed by atoms with Crippen LogP contribution in [0.5, 0.6) is 0 Å². The molecule has 0 aliphatic heterocycles. The van der Waals surface area contributed by atoms with Crippen LogP contribution in [0.2, 0.25) is 0 Å². The van der Waals surface area contributed by atoms with Crippen molar-refractivity contribution in [1.82, 2.24) is 10.2 Å². The third-order valence-corrected chi connectivity index (χ3v) is 4.99. The lowest BCUT2D eigenvalue weighted by molar-refractivity contribution is -0.140. The molecule has 0 heterocycles. The van der Waals surface area contributed by atoms with Crippen molar-refractivity contribution in [3.63, 3.8) is 0 Å². The predicted octanol–water partition coefficient (Wildman–Crippen LogP) is 3.10. The molecule has 0 bridgehead atoms. The summed E-state index contributed by atoms with van der Waals surface area (Å²) in [7, 11) is 1.74. The molecular formula is C16H30N2O3. The van der Waals surface area contributed by atoms with E-state index in [1.54, 1.807) is 11.9 Å². The van der Waals surface area contributed by atoms with Crippen LogP contribution in [-0.2, 0) is 4.79 Å². The Bertz CT molecular complexity index is 363. The topological polar surface area (TPSA) is 69.6 Å². The molecule has 0 saturated heterocycles. The van der Waals surface area contributed by atoms with E-state index in [9.17, 15) is 14.7 Å². The zero-order valence-corrected chi connectivity index (χ0v) is 13.8. The molecule has 122 valence electrons. The van der Waals surface area contributed by atoms with Gasteiger partial charge in [-0.2, -0.15) is 0 Å². The predicted molar refractivity (Wildman–Crippen MR) is 83.2 cm³/mol. The lowest BCUT2D eigenvalue weighted by Crippen LogP contribution is -2.55. The van der Waals surface area contributed by atoms with Gasteiger partial charge in [-0.3, -0.25) is 4.79 Å². The summed E-state index contributed by atoms with van der Waals surface area (Å²) in [6, 6.07) is -0.148. The molecule has 2 amide bonds. The van der Waals surface area contributed by atoms with Crippen LogP contribution in [0.3, 0.4) is 0 Å². The lowest BCUT2D eigenvalue weighted by Gasteiger charge is -2.43. The van der Waals surface area contributed by atoms with Crippen molar-refractivity contribution < 1.29 is 14.7 Å². The van der Waals surface area contributed by atoms with Gasteiger partial charge in [-0.25, -0.2) is 4.79 Å². The zero-order valence-electron chi connectivity index (χ0n) is 13.8. The van der Waals surface area contributed by atoms with Crippen molar-refractivity contribution in [3.8, 4) is 0 Å². The lowest BCUT2D eigenvalue weighted by atomic mass is 9.78. The van der Waals surface area contributed by atoms with Crippen molar-refractivity contribution in [2.75, 3.05) is 13.6 Å². The van der Waals surface area contributed by atoms with Crippen molar-refractivity contribution in [2.24, 2.45) is 11.8 Å². The first-order valence-corrected chi connectivity index (χ1v) is 8.02. The first kappa shape index (κ1) is 17.8. The van der Waals surface area contributed by atoms with E-state index in [2.05, 4.69) is 26.1 Å². The number of hydrogen-bond acceptors (Lipinski definition) is 2. The van der Waals surface area contributed by atoms with Gasteiger partial charge in [-0.1, -0.05) is 40.0 Å². The Hall–Kier alpha value is -1.26. The quantitative estimate of drug-likeness (QED) is 0.791. The summed E-state index contributed by atoms with van der Waals surface area (Å²) in [5.74, 6) is 0.0921. The highest BCUT2D eigenvalue weighted by Gasteiger charge is 2.40. The maximum Gasteiger partial charge on any atom is 0.317 e. The second-order valence-corrected chi connectivity index (χ2v) is 6.82. The number of amides is 2. The molecule has 5 nitrogen and oxygen atoms in total. The second kappa shape index (κ2) is 7.66. The van der Waals surface area contributed by atoms with Gasteiger partial charge < -0.3 is 15.3 Å². The van der Waals surface area contributed by atoms with Gasteiger partial charge in [-0.15, -0.1) is 0 Å². The van der Waals surface area contributed by atoms with Gasteiger partial charge in [0.25, 0.3) is 0 Å². The number of hydrogen-bond donors (Lipinski definition) is 2. The molecule has 2 N–H and O–H groups in total. The Kier molecular flexibility index (Phi) is 6.49. The van der Waals surface area contributed by atoms with Crippen LogP contribution in [0.4, 0.5) is 4.79 Å². The van der Waals surface area contributed by atoms with Gasteiger partial charge in [0.2, 0.25) is 0 Å².